The van der Waals surface area contributed by atoms with E-state index in [1.165, 1.54) is 32.0 Å². The van der Waals surface area contributed by atoms with Crippen LogP contribution in [0.1, 0.15) is 25.0 Å². The number of carboxylic acids is 4. The Balaban J connectivity index is -0.000000475. The molecule has 1 aromatic rings. The fourth-order valence-corrected chi connectivity index (χ4v) is 2.47. The SMILES string of the molecule is CC(O)O.CC(O)O.O=C([O-])CN(CC(=O)O)Cc1cccc(CN(CC(=O)O)CC(=O)O)c1O.[Fe].[Fe]. The summed E-state index contributed by atoms with van der Waals surface area (Å²) in [6, 6.07) is 4.40. The van der Waals surface area contributed by atoms with E-state index >= 15 is 0 Å². The number of nitrogens with zero attached hydrogens (tertiary/aromatic N) is 2. The van der Waals surface area contributed by atoms with Gasteiger partial charge in [-0.3, -0.25) is 24.2 Å². The zero-order valence-electron chi connectivity index (χ0n) is 19.8. The summed E-state index contributed by atoms with van der Waals surface area (Å²) in [5, 5.41) is 78.1. The monoisotopic (exact) mass is 619 g/mol. The molecule has 0 aliphatic carbocycles. The van der Waals surface area contributed by atoms with Gasteiger partial charge in [0.2, 0.25) is 0 Å². The number of para-hydroxylation sites is 1. The van der Waals surface area contributed by atoms with Crippen molar-refractivity contribution in [2.45, 2.75) is 39.5 Å². The summed E-state index contributed by atoms with van der Waals surface area (Å²) in [7, 11) is 0. The first-order valence-corrected chi connectivity index (χ1v) is 9.87. The van der Waals surface area contributed by atoms with Gasteiger partial charge in [-0.25, -0.2) is 0 Å². The Hall–Kier alpha value is -2.30. The van der Waals surface area contributed by atoms with Crippen molar-refractivity contribution < 1.29 is 99.3 Å². The number of aliphatic carboxylic acids is 4. The van der Waals surface area contributed by atoms with Gasteiger partial charge < -0.3 is 50.8 Å². The van der Waals surface area contributed by atoms with Crippen molar-refractivity contribution in [3.8, 4) is 5.75 Å². The molecule has 0 aromatic heterocycles. The summed E-state index contributed by atoms with van der Waals surface area (Å²) in [4.78, 5) is 45.4. The molecule has 0 bridgehead atoms. The molecule has 0 amide bonds. The molecule has 1 aromatic carbocycles. The second kappa shape index (κ2) is 22.9. The van der Waals surface area contributed by atoms with Crippen LogP contribution in [0.25, 0.3) is 0 Å². The van der Waals surface area contributed by atoms with E-state index in [4.69, 9.17) is 35.7 Å². The van der Waals surface area contributed by atoms with Crippen molar-refractivity contribution in [2.75, 3.05) is 26.2 Å². The number of phenols is 1. The molecule has 8 N–H and O–H groups in total. The van der Waals surface area contributed by atoms with E-state index in [0.717, 1.165) is 9.80 Å². The average Bonchev–Trinajstić information content (AvgIpc) is 2.61. The standard InChI is InChI=1S/C16H20N2O9.2C2H6O2.2Fe/c19-12(20)6-17(7-13(21)22)4-10-2-1-3-11(16(10)27)5-18(8-14(23)24)9-15(25)26;2*1-2(3)4;;/h1-3,27H,4-9H2,(H,19,20)(H,21,22)(H,23,24)(H,25,26);2*2-4H,1H3;;/p-1. The van der Waals surface area contributed by atoms with Gasteiger partial charge in [-0.05, 0) is 13.8 Å². The minimum atomic E-state index is -1.49. The summed E-state index contributed by atoms with van der Waals surface area (Å²) in [5.41, 5.74) is 0.430. The molecule has 216 valence electrons. The molecule has 37 heavy (non-hydrogen) atoms. The van der Waals surface area contributed by atoms with Crippen LogP contribution in [-0.2, 0) is 66.4 Å². The third kappa shape index (κ3) is 26.6. The van der Waals surface area contributed by atoms with Crippen LogP contribution in [0, 0.1) is 0 Å². The van der Waals surface area contributed by atoms with Crippen LogP contribution in [0.3, 0.4) is 0 Å². The van der Waals surface area contributed by atoms with E-state index in [2.05, 4.69) is 0 Å². The number of aromatic hydroxyl groups is 1. The summed E-state index contributed by atoms with van der Waals surface area (Å²) in [5.74, 6) is -5.53. The van der Waals surface area contributed by atoms with Crippen LogP contribution in [0.5, 0.6) is 5.75 Å². The van der Waals surface area contributed by atoms with E-state index in [1.54, 1.807) is 0 Å². The molecular weight excluding hydrogens is 588 g/mol. The number of benzene rings is 1. The Morgan fingerprint density at radius 3 is 1.24 bits per heavy atom. The summed E-state index contributed by atoms with van der Waals surface area (Å²) in [6.07, 6.45) is -2.33. The molecule has 0 saturated heterocycles. The maximum Gasteiger partial charge on any atom is 0.317 e. The van der Waals surface area contributed by atoms with Gasteiger partial charge in [0.25, 0.3) is 0 Å². The van der Waals surface area contributed by atoms with Gasteiger partial charge in [0.15, 0.2) is 0 Å². The van der Waals surface area contributed by atoms with Crippen molar-refractivity contribution in [1.29, 1.82) is 0 Å². The molecule has 0 heterocycles. The maximum atomic E-state index is 10.9. The molecule has 0 unspecified atom stereocenters. The van der Waals surface area contributed by atoms with Crippen molar-refractivity contribution in [3.63, 3.8) is 0 Å². The average molecular weight is 619 g/mol. The molecule has 0 atom stereocenters. The number of aliphatic hydroxyl groups is 4. The molecule has 17 heteroatoms. The van der Waals surface area contributed by atoms with E-state index in [0.29, 0.717) is 0 Å². The molecule has 0 aliphatic rings. The number of carbonyl (C=O) groups is 4. The van der Waals surface area contributed by atoms with Gasteiger partial charge in [0.1, 0.15) is 18.3 Å². The molecule has 1 rings (SSSR count). The minimum absolute atomic E-state index is 0. The fraction of sp³-hybridized carbons (Fsp3) is 0.500. The third-order valence-electron chi connectivity index (χ3n) is 3.42. The van der Waals surface area contributed by atoms with Gasteiger partial charge in [-0.1, -0.05) is 18.2 Å². The first-order chi connectivity index (χ1) is 16.0. The minimum Gasteiger partial charge on any atom is -0.549 e. The van der Waals surface area contributed by atoms with Gasteiger partial charge in [0.05, 0.1) is 25.6 Å². The first kappa shape index (κ1) is 41.8. The van der Waals surface area contributed by atoms with Gasteiger partial charge >= 0.3 is 17.9 Å². The number of carboxylic acid groups (broad SMARTS) is 4. The van der Waals surface area contributed by atoms with Crippen LogP contribution >= 0.6 is 0 Å². The van der Waals surface area contributed by atoms with Crippen molar-refractivity contribution in [1.82, 2.24) is 9.80 Å². The van der Waals surface area contributed by atoms with Crippen LogP contribution < -0.4 is 5.11 Å². The number of phenolic OH excluding ortho intramolecular Hbond substituents is 1. The smallest absolute Gasteiger partial charge is 0.317 e. The Labute approximate surface area is 233 Å². The second-order valence-electron chi connectivity index (χ2n) is 7.03. The Bertz CT molecular complexity index is 726. The van der Waals surface area contributed by atoms with E-state index in [1.807, 2.05) is 0 Å². The van der Waals surface area contributed by atoms with Gasteiger partial charge in [-0.15, -0.1) is 0 Å². The molecule has 0 saturated carbocycles. The first-order valence-electron chi connectivity index (χ1n) is 9.87. The summed E-state index contributed by atoms with van der Waals surface area (Å²) < 4.78 is 0. The van der Waals surface area contributed by atoms with Gasteiger partial charge in [0, 0.05) is 64.9 Å². The second-order valence-corrected chi connectivity index (χ2v) is 7.03. The molecule has 15 nitrogen and oxygen atoms in total. The van der Waals surface area contributed by atoms with Crippen LogP contribution in [-0.4, -0.2) is 113 Å². The molecule has 0 aliphatic heterocycles. The molecule has 0 radical (unpaired) electrons. The Kier molecular flexibility index (Phi) is 25.8. The summed E-state index contributed by atoms with van der Waals surface area (Å²) in [6.45, 7) is -0.227. The van der Waals surface area contributed by atoms with Crippen molar-refractivity contribution in [3.05, 3.63) is 29.3 Å². The zero-order chi connectivity index (χ0) is 27.7. The molecule has 0 fully saturated rings. The number of hydrogen-bond donors (Lipinski definition) is 8. The Morgan fingerprint density at radius 2 is 1.00 bits per heavy atom. The number of aliphatic hydroxyl groups excluding tert-OH is 2. The molecular formula is C20H31Fe2N2O13-. The fourth-order valence-electron chi connectivity index (χ4n) is 2.47. The zero-order valence-corrected chi connectivity index (χ0v) is 22.1. The van der Waals surface area contributed by atoms with Crippen molar-refractivity contribution in [2.24, 2.45) is 0 Å². The largest absolute Gasteiger partial charge is 0.549 e. The van der Waals surface area contributed by atoms with Crippen molar-refractivity contribution >= 4 is 23.9 Å². The van der Waals surface area contributed by atoms with E-state index < -0.39 is 62.6 Å². The molecule has 0 spiro atoms. The quantitative estimate of drug-likeness (QED) is 0.0839. The third-order valence-corrected chi connectivity index (χ3v) is 3.42. The maximum absolute atomic E-state index is 10.9. The topological polar surface area (TPSA) is 260 Å². The number of carbonyl (C=O) groups excluding carboxylic acids is 1. The summed E-state index contributed by atoms with van der Waals surface area (Å²) >= 11 is 0. The normalized spacial score (nSPS) is 9.89. The van der Waals surface area contributed by atoms with Crippen LogP contribution in [0.15, 0.2) is 18.2 Å². The predicted octanol–water partition coefficient (Wildman–Crippen LogP) is -3.37. The van der Waals surface area contributed by atoms with Crippen LogP contribution in [0.4, 0.5) is 0 Å². The predicted molar refractivity (Wildman–Crippen MR) is 114 cm³/mol. The Morgan fingerprint density at radius 1 is 0.730 bits per heavy atom. The van der Waals surface area contributed by atoms with E-state index in [9.17, 15) is 29.4 Å². The van der Waals surface area contributed by atoms with Crippen LogP contribution in [0.2, 0.25) is 0 Å². The number of rotatable bonds is 12. The number of hydrogen-bond acceptors (Lipinski definition) is 12. The van der Waals surface area contributed by atoms with Gasteiger partial charge in [-0.2, -0.15) is 0 Å². The van der Waals surface area contributed by atoms with E-state index in [-0.39, 0.29) is 64.1 Å².